The van der Waals surface area contributed by atoms with Crippen LogP contribution in [0.2, 0.25) is 0 Å². The van der Waals surface area contributed by atoms with Gasteiger partial charge in [-0.2, -0.15) is 0 Å². The van der Waals surface area contributed by atoms with Gasteiger partial charge < -0.3 is 18.9 Å². The highest BCUT2D eigenvalue weighted by Crippen LogP contribution is 2.50. The maximum absolute atomic E-state index is 2.79. The van der Waals surface area contributed by atoms with Crippen molar-refractivity contribution >= 4 is 101 Å². The van der Waals surface area contributed by atoms with E-state index in [0.29, 0.717) is 0 Å². The number of aryl methyl sites for hydroxylation is 4. The molecular formula is C78H83BN4. The number of rotatable bonds is 16. The third kappa shape index (κ3) is 9.29. The largest absolute Gasteiger partial charge is 0.311 e. The van der Waals surface area contributed by atoms with Gasteiger partial charge in [-0.25, -0.2) is 0 Å². The molecule has 13 rings (SSSR count). The van der Waals surface area contributed by atoms with Crippen molar-refractivity contribution in [3.05, 3.63) is 209 Å². The number of aromatic nitrogens is 2. The van der Waals surface area contributed by atoms with E-state index in [2.05, 4.69) is 264 Å². The summed E-state index contributed by atoms with van der Waals surface area (Å²) in [6.07, 6.45) is 13.2. The van der Waals surface area contributed by atoms with Crippen molar-refractivity contribution in [3.8, 4) is 11.4 Å². The summed E-state index contributed by atoms with van der Waals surface area (Å²) in [5.74, 6) is 0. The molecule has 83 heavy (non-hydrogen) atoms. The summed E-state index contributed by atoms with van der Waals surface area (Å²) in [5, 5.41) is 5.12. The molecule has 0 amide bonds. The minimum Gasteiger partial charge on any atom is -0.311 e. The number of nitrogens with zero attached hydrogens (tertiary/aromatic N) is 4. The molecule has 0 spiro atoms. The summed E-state index contributed by atoms with van der Waals surface area (Å²) in [6.45, 7) is 23.8. The topological polar surface area (TPSA) is 16.3 Å². The van der Waals surface area contributed by atoms with Gasteiger partial charge in [0.15, 0.2) is 0 Å². The van der Waals surface area contributed by atoms with Crippen LogP contribution in [0.25, 0.3) is 55.0 Å². The quantitative estimate of drug-likeness (QED) is 0.0897. The number of unbranched alkanes of at least 4 members (excludes halogenated alkanes) is 4. The van der Waals surface area contributed by atoms with Crippen LogP contribution in [0.5, 0.6) is 0 Å². The molecule has 4 heterocycles. The molecule has 418 valence electrons. The van der Waals surface area contributed by atoms with E-state index < -0.39 is 0 Å². The Morgan fingerprint density at radius 3 is 0.952 bits per heavy atom. The summed E-state index contributed by atoms with van der Waals surface area (Å²) < 4.78 is 5.05. The van der Waals surface area contributed by atoms with Gasteiger partial charge in [0.1, 0.15) is 0 Å². The smallest absolute Gasteiger partial charge is 0.252 e. The van der Waals surface area contributed by atoms with Crippen LogP contribution in [0, 0.1) is 0 Å². The second kappa shape index (κ2) is 21.8. The van der Waals surface area contributed by atoms with Crippen molar-refractivity contribution < 1.29 is 0 Å². The van der Waals surface area contributed by atoms with Crippen LogP contribution in [0.15, 0.2) is 176 Å². The molecule has 0 bridgehead atoms. The summed E-state index contributed by atoms with van der Waals surface area (Å²) in [4.78, 5) is 5.58. The second-order valence-corrected chi connectivity index (χ2v) is 26.2. The number of anilines is 6. The van der Waals surface area contributed by atoms with Crippen LogP contribution in [-0.4, -0.2) is 15.8 Å². The van der Waals surface area contributed by atoms with E-state index in [1.165, 1.54) is 139 Å². The van der Waals surface area contributed by atoms with Crippen LogP contribution >= 0.6 is 0 Å². The fourth-order valence-electron chi connectivity index (χ4n) is 14.3. The van der Waals surface area contributed by atoms with Crippen molar-refractivity contribution in [2.75, 3.05) is 9.80 Å². The lowest BCUT2D eigenvalue weighted by Crippen LogP contribution is -2.61. The molecule has 9 aromatic carbocycles. The molecule has 11 aromatic rings. The van der Waals surface area contributed by atoms with Gasteiger partial charge in [0.05, 0.1) is 33.4 Å². The fraction of sp³-hybridized carbons (Fsp3) is 0.308. The number of hydrogen-bond acceptors (Lipinski definition) is 2. The Labute approximate surface area is 494 Å². The average molecular weight is 1090 g/mol. The Kier molecular flexibility index (Phi) is 14.3. The van der Waals surface area contributed by atoms with E-state index in [9.17, 15) is 0 Å². The molecule has 0 saturated heterocycles. The Hall–Kier alpha value is -7.76. The third-order valence-corrected chi connectivity index (χ3v) is 18.6. The Morgan fingerprint density at radius 1 is 0.337 bits per heavy atom. The molecule has 2 aliphatic rings. The molecule has 0 fully saturated rings. The van der Waals surface area contributed by atoms with E-state index in [1.807, 2.05) is 0 Å². The predicted octanol–water partition coefficient (Wildman–Crippen LogP) is 19.9. The highest BCUT2D eigenvalue weighted by molar-refractivity contribution is 7.00. The van der Waals surface area contributed by atoms with Gasteiger partial charge in [-0.1, -0.05) is 210 Å². The SMILES string of the molecule is CCCCc1cc(C(C)(C)C)cc(CCCC)c1N1c2cc(-n3c4ccccc4c4ccccc43)ccc2B2c3ccc(-n4c5ccccc5c5ccccc54)cc3N(c3c(CCCC)cc(C(C)(C)C)cc3CCCC)c3cccc1c32. The first-order valence-electron chi connectivity index (χ1n) is 31.6. The molecule has 4 nitrogen and oxygen atoms in total. The molecule has 0 atom stereocenters. The maximum atomic E-state index is 2.79. The highest BCUT2D eigenvalue weighted by Gasteiger charge is 2.45. The van der Waals surface area contributed by atoms with Crippen molar-refractivity contribution in [3.63, 3.8) is 0 Å². The van der Waals surface area contributed by atoms with Gasteiger partial charge in [0.25, 0.3) is 6.71 Å². The van der Waals surface area contributed by atoms with Crippen LogP contribution in [0.1, 0.15) is 154 Å². The zero-order chi connectivity index (χ0) is 57.3. The number of hydrogen-bond donors (Lipinski definition) is 0. The van der Waals surface area contributed by atoms with Crippen LogP contribution in [0.4, 0.5) is 34.1 Å². The van der Waals surface area contributed by atoms with Crippen molar-refractivity contribution in [2.24, 2.45) is 0 Å². The molecule has 0 saturated carbocycles. The zero-order valence-corrected chi connectivity index (χ0v) is 51.1. The van der Waals surface area contributed by atoms with Crippen LogP contribution in [-0.2, 0) is 36.5 Å². The lowest BCUT2D eigenvalue weighted by atomic mass is 9.33. The van der Waals surface area contributed by atoms with Crippen molar-refractivity contribution in [2.45, 2.75) is 157 Å². The number of fused-ring (bicyclic) bond motifs is 10. The van der Waals surface area contributed by atoms with Gasteiger partial charge >= 0.3 is 0 Å². The fourth-order valence-corrected chi connectivity index (χ4v) is 14.3. The molecule has 0 unspecified atom stereocenters. The Morgan fingerprint density at radius 2 is 0.651 bits per heavy atom. The average Bonchev–Trinajstić information content (AvgIpc) is 2.07. The number of benzene rings is 9. The Bertz CT molecular complexity index is 3830. The standard InChI is InChI=1S/C78H83BN4/c1-11-15-28-52-46-56(77(5,6)7)47-53(29-16-12-2)75(52)82-70-40-27-41-71-74(70)79(64-44-42-58(50-72(64)82)80-66-36-23-19-32-60(66)61-33-20-24-37-67(61)80)65-45-43-59(81-68-38-25-21-34-62(68)63-35-22-26-39-69(63)81)51-73(65)83(71)76-54(30-17-13-3)48-57(78(8,9)10)49-55(76)31-18-14-4/h19-27,32-51H,11-18,28-31H2,1-10H3. The second-order valence-electron chi connectivity index (χ2n) is 26.2. The summed E-state index contributed by atoms with van der Waals surface area (Å²) in [5.41, 5.74) is 27.9. The number of para-hydroxylation sites is 4. The molecule has 5 heteroatoms. The highest BCUT2D eigenvalue weighted by atomic mass is 15.2. The van der Waals surface area contributed by atoms with Crippen LogP contribution < -0.4 is 26.2 Å². The molecule has 0 aliphatic carbocycles. The predicted molar refractivity (Wildman–Crippen MR) is 361 cm³/mol. The monoisotopic (exact) mass is 1090 g/mol. The molecule has 0 N–H and O–H groups in total. The molecule has 2 aliphatic heterocycles. The lowest BCUT2D eigenvalue weighted by molar-refractivity contribution is 0.587. The van der Waals surface area contributed by atoms with Gasteiger partial charge in [0.2, 0.25) is 0 Å². The van der Waals surface area contributed by atoms with E-state index in [-0.39, 0.29) is 17.5 Å². The van der Waals surface area contributed by atoms with Crippen LogP contribution in [0.3, 0.4) is 0 Å². The molecule has 0 radical (unpaired) electrons. The van der Waals surface area contributed by atoms with Gasteiger partial charge in [0, 0.05) is 55.7 Å². The molecular weight excluding hydrogens is 1000 g/mol. The molecule has 2 aromatic heterocycles. The third-order valence-electron chi connectivity index (χ3n) is 18.6. The van der Waals surface area contributed by atoms with E-state index in [0.717, 1.165) is 77.0 Å². The first-order valence-corrected chi connectivity index (χ1v) is 31.6. The van der Waals surface area contributed by atoms with Crippen molar-refractivity contribution in [1.82, 2.24) is 9.13 Å². The summed E-state index contributed by atoms with van der Waals surface area (Å²) in [7, 11) is 0. The maximum Gasteiger partial charge on any atom is 0.252 e. The van der Waals surface area contributed by atoms with E-state index in [1.54, 1.807) is 0 Å². The Balaban J connectivity index is 1.16. The first kappa shape index (κ1) is 54.5. The lowest BCUT2D eigenvalue weighted by Gasteiger charge is -2.46. The first-order chi connectivity index (χ1) is 40.3. The van der Waals surface area contributed by atoms with E-state index in [4.69, 9.17) is 0 Å². The zero-order valence-electron chi connectivity index (χ0n) is 51.1. The van der Waals surface area contributed by atoms with Crippen molar-refractivity contribution in [1.29, 1.82) is 0 Å². The summed E-state index contributed by atoms with van der Waals surface area (Å²) >= 11 is 0. The van der Waals surface area contributed by atoms with Gasteiger partial charge in [-0.3, -0.25) is 0 Å². The minimum absolute atomic E-state index is 0.00320. The van der Waals surface area contributed by atoms with Gasteiger partial charge in [-0.15, -0.1) is 0 Å². The normalized spacial score (nSPS) is 13.2. The van der Waals surface area contributed by atoms with Gasteiger partial charge in [-0.05, 0) is 173 Å². The van der Waals surface area contributed by atoms with E-state index >= 15 is 0 Å². The summed E-state index contributed by atoms with van der Waals surface area (Å²) in [6, 6.07) is 68.9. The minimum atomic E-state index is -0.0443.